The highest BCUT2D eigenvalue weighted by Crippen LogP contribution is 2.43. The second-order valence-corrected chi connectivity index (χ2v) is 7.45. The number of nitrogens with zero attached hydrogens (tertiary/aromatic N) is 2. The van der Waals surface area contributed by atoms with Gasteiger partial charge in [0.15, 0.2) is 5.84 Å². The molecule has 0 saturated heterocycles. The number of aromatic nitrogens is 1. The fraction of sp³-hybridized carbons (Fsp3) is 0.227. The van der Waals surface area contributed by atoms with Gasteiger partial charge in [-0.3, -0.25) is 5.43 Å². The van der Waals surface area contributed by atoms with Gasteiger partial charge in [-0.2, -0.15) is 13.2 Å². The molecule has 5 rings (SSSR count). The van der Waals surface area contributed by atoms with Crippen molar-refractivity contribution >= 4 is 33.3 Å². The summed E-state index contributed by atoms with van der Waals surface area (Å²) >= 11 is 0. The van der Waals surface area contributed by atoms with Crippen LogP contribution in [0, 0.1) is 0 Å². The molecular formula is C22H20F3N5O2. The van der Waals surface area contributed by atoms with Crippen molar-refractivity contribution < 1.29 is 22.6 Å². The second kappa shape index (κ2) is 7.49. The van der Waals surface area contributed by atoms with Crippen LogP contribution in [0.5, 0.6) is 11.5 Å². The molecule has 32 heavy (non-hydrogen) atoms. The molecule has 2 aliphatic rings. The summed E-state index contributed by atoms with van der Waals surface area (Å²) in [5.41, 5.74) is 9.09. The first-order chi connectivity index (χ1) is 15.4. The third-order valence-corrected chi connectivity index (χ3v) is 5.72. The number of benzene rings is 2. The Kier molecular flexibility index (Phi) is 4.74. The lowest BCUT2D eigenvalue weighted by molar-refractivity contribution is -0.0882. The molecule has 3 aromatic rings. The van der Waals surface area contributed by atoms with Gasteiger partial charge in [-0.15, -0.1) is 10.6 Å². The molecule has 0 amide bonds. The number of allylic oxidation sites excluding steroid dienone is 3. The molecule has 1 aliphatic carbocycles. The van der Waals surface area contributed by atoms with Gasteiger partial charge in [0.2, 0.25) is 0 Å². The minimum Gasteiger partial charge on any atom is -0.497 e. The quantitative estimate of drug-likeness (QED) is 0.563. The van der Waals surface area contributed by atoms with E-state index in [2.05, 4.69) is 21.6 Å². The fourth-order valence-electron chi connectivity index (χ4n) is 4.26. The van der Waals surface area contributed by atoms with Gasteiger partial charge in [-0.25, -0.2) is 5.53 Å². The first-order valence-corrected chi connectivity index (χ1v) is 9.92. The van der Waals surface area contributed by atoms with E-state index in [-0.39, 0.29) is 12.1 Å². The third kappa shape index (κ3) is 3.23. The molecule has 1 aromatic heterocycles. The van der Waals surface area contributed by atoms with Crippen molar-refractivity contribution in [1.29, 1.82) is 0 Å². The number of ether oxygens (including phenoxy) is 2. The monoisotopic (exact) mass is 443 g/mol. The molecule has 7 nitrogen and oxygen atoms in total. The Morgan fingerprint density at radius 3 is 2.06 bits per heavy atom. The maximum atomic E-state index is 14.2. The van der Waals surface area contributed by atoms with Gasteiger partial charge in [-0.05, 0) is 60.9 Å². The summed E-state index contributed by atoms with van der Waals surface area (Å²) in [7, 11) is 3.12. The first kappa shape index (κ1) is 20.3. The maximum Gasteiger partial charge on any atom is 0.418 e. The lowest BCUT2D eigenvalue weighted by Gasteiger charge is -2.24. The van der Waals surface area contributed by atoms with Gasteiger partial charge in [0.1, 0.15) is 11.5 Å². The molecule has 2 aromatic carbocycles. The Balaban J connectivity index is 1.82. The summed E-state index contributed by atoms with van der Waals surface area (Å²) in [6.45, 7) is 0. The van der Waals surface area contributed by atoms with Crippen molar-refractivity contribution in [2.75, 3.05) is 14.2 Å². The normalized spacial score (nSPS) is 16.7. The molecule has 3 N–H and O–H groups in total. The van der Waals surface area contributed by atoms with Crippen LogP contribution < -0.4 is 26.0 Å². The van der Waals surface area contributed by atoms with E-state index in [0.717, 1.165) is 10.8 Å². The van der Waals surface area contributed by atoms with E-state index in [1.54, 1.807) is 43.1 Å². The molecule has 0 atom stereocenters. The summed E-state index contributed by atoms with van der Waals surface area (Å²) in [6.07, 6.45) is -2.77. The van der Waals surface area contributed by atoms with Crippen LogP contribution in [0.4, 0.5) is 13.2 Å². The summed E-state index contributed by atoms with van der Waals surface area (Å²) < 4.78 is 55.1. The van der Waals surface area contributed by atoms with Crippen LogP contribution in [-0.4, -0.2) is 30.8 Å². The lowest BCUT2D eigenvalue weighted by Crippen LogP contribution is -2.36. The summed E-state index contributed by atoms with van der Waals surface area (Å²) in [5, 5.41) is 5.53. The number of fused-ring (bicyclic) bond motifs is 3. The van der Waals surface area contributed by atoms with E-state index in [1.807, 2.05) is 12.1 Å². The molecule has 10 heteroatoms. The minimum absolute atomic E-state index is 0.191. The zero-order valence-electron chi connectivity index (χ0n) is 17.3. The molecule has 0 fully saturated rings. The number of hydrazone groups is 1. The molecule has 166 valence electrons. The summed E-state index contributed by atoms with van der Waals surface area (Å²) in [5.74, 6) is 1.60. The van der Waals surface area contributed by atoms with Crippen LogP contribution >= 0.6 is 0 Å². The molecule has 0 unspecified atom stereocenters. The Morgan fingerprint density at radius 1 is 0.938 bits per heavy atom. The molecular weight excluding hydrogens is 423 g/mol. The molecule has 0 saturated carbocycles. The number of hydrogen-bond donors (Lipinski definition) is 3. The summed E-state index contributed by atoms with van der Waals surface area (Å²) in [6, 6.07) is 10.7. The van der Waals surface area contributed by atoms with Crippen molar-refractivity contribution in [1.82, 2.24) is 21.1 Å². The number of amidine groups is 1. The van der Waals surface area contributed by atoms with Crippen LogP contribution in [-0.2, 0) is 0 Å². The molecule has 1 aliphatic heterocycles. The van der Waals surface area contributed by atoms with E-state index in [0.29, 0.717) is 40.4 Å². The number of alkyl halides is 3. The number of methoxy groups -OCH3 is 2. The van der Waals surface area contributed by atoms with Crippen LogP contribution in [0.1, 0.15) is 12.8 Å². The van der Waals surface area contributed by atoms with Crippen LogP contribution in [0.3, 0.4) is 0 Å². The predicted octanol–water partition coefficient (Wildman–Crippen LogP) is 4.23. The van der Waals surface area contributed by atoms with E-state index in [4.69, 9.17) is 9.47 Å². The highest BCUT2D eigenvalue weighted by molar-refractivity contribution is 6.11. The van der Waals surface area contributed by atoms with Gasteiger partial charge in [-0.1, -0.05) is 0 Å². The van der Waals surface area contributed by atoms with E-state index >= 15 is 0 Å². The SMILES string of the molecule is COc1ccc2c(c1)c1cc(OC)ccc1n2C1=C(C(F)(F)F)C=C(C2=NNNN2)CC1. The highest BCUT2D eigenvalue weighted by atomic mass is 19.4. The number of nitrogens with one attached hydrogen (secondary N) is 3. The summed E-state index contributed by atoms with van der Waals surface area (Å²) in [4.78, 5) is 0. The first-order valence-electron chi connectivity index (χ1n) is 9.92. The van der Waals surface area contributed by atoms with Gasteiger partial charge < -0.3 is 14.0 Å². The minimum atomic E-state index is -4.54. The van der Waals surface area contributed by atoms with E-state index in [1.165, 1.54) is 6.08 Å². The van der Waals surface area contributed by atoms with E-state index in [9.17, 15) is 13.2 Å². The topological polar surface area (TPSA) is 71.8 Å². The van der Waals surface area contributed by atoms with Crippen molar-refractivity contribution in [3.63, 3.8) is 0 Å². The molecule has 0 spiro atoms. The second-order valence-electron chi connectivity index (χ2n) is 7.45. The Bertz CT molecular complexity index is 1260. The maximum absolute atomic E-state index is 14.2. The molecule has 2 heterocycles. The highest BCUT2D eigenvalue weighted by Gasteiger charge is 2.38. The third-order valence-electron chi connectivity index (χ3n) is 5.72. The average molecular weight is 443 g/mol. The van der Waals surface area contributed by atoms with Gasteiger partial charge >= 0.3 is 6.18 Å². The zero-order chi connectivity index (χ0) is 22.5. The van der Waals surface area contributed by atoms with Crippen LogP contribution in [0.2, 0.25) is 0 Å². The van der Waals surface area contributed by atoms with Crippen molar-refractivity contribution in [3.05, 3.63) is 53.6 Å². The van der Waals surface area contributed by atoms with Gasteiger partial charge in [0.25, 0.3) is 0 Å². The Hall–Kier alpha value is -3.66. The fourth-order valence-corrected chi connectivity index (χ4v) is 4.26. The Labute approximate surface area is 181 Å². The van der Waals surface area contributed by atoms with Crippen LogP contribution in [0.25, 0.3) is 27.5 Å². The van der Waals surface area contributed by atoms with Crippen molar-refractivity contribution in [2.24, 2.45) is 5.10 Å². The number of rotatable bonds is 4. The number of halogens is 3. The van der Waals surface area contributed by atoms with E-state index < -0.39 is 11.7 Å². The standard InChI is InChI=1S/C22H20F3N5O2/c1-31-13-4-7-18-15(10-13)16-11-14(32-2)5-8-19(16)30(18)20-6-3-12(21-26-28-29-27-21)9-17(20)22(23,24)25/h4-5,7-11,28-29H,3,6H2,1-2H3,(H,26,27). The Morgan fingerprint density at radius 2 is 1.56 bits per heavy atom. The zero-order valence-corrected chi connectivity index (χ0v) is 17.3. The largest absolute Gasteiger partial charge is 0.497 e. The van der Waals surface area contributed by atoms with Gasteiger partial charge in [0.05, 0.1) is 30.8 Å². The number of hydrogen-bond acceptors (Lipinski definition) is 6. The predicted molar refractivity (Wildman–Crippen MR) is 116 cm³/mol. The van der Waals surface area contributed by atoms with Crippen molar-refractivity contribution in [3.8, 4) is 11.5 Å². The molecule has 0 radical (unpaired) electrons. The molecule has 0 bridgehead atoms. The lowest BCUT2D eigenvalue weighted by atomic mass is 9.94. The average Bonchev–Trinajstić information content (AvgIpc) is 3.44. The smallest absolute Gasteiger partial charge is 0.418 e. The number of hydrazine groups is 2. The van der Waals surface area contributed by atoms with Crippen molar-refractivity contribution in [2.45, 2.75) is 19.0 Å². The van der Waals surface area contributed by atoms with Gasteiger partial charge in [0, 0.05) is 16.5 Å². The van der Waals surface area contributed by atoms with Crippen LogP contribution in [0.15, 0.2) is 58.7 Å².